The van der Waals surface area contributed by atoms with Gasteiger partial charge >= 0.3 is 0 Å². The lowest BCUT2D eigenvalue weighted by Gasteiger charge is -2.20. The molecule has 0 bridgehead atoms. The molecule has 1 N–H and O–H groups in total. The van der Waals surface area contributed by atoms with Gasteiger partial charge in [0.2, 0.25) is 0 Å². The van der Waals surface area contributed by atoms with Gasteiger partial charge in [0, 0.05) is 9.61 Å². The third kappa shape index (κ3) is 4.59. The largest absolute Gasteiger partial charge is 0.310 e. The van der Waals surface area contributed by atoms with Crippen molar-refractivity contribution in [2.45, 2.75) is 52.5 Å². The Bertz CT molecular complexity index is 336. The molecule has 0 heterocycles. The minimum Gasteiger partial charge on any atom is -0.310 e. The van der Waals surface area contributed by atoms with Gasteiger partial charge in [-0.3, -0.25) is 0 Å². The summed E-state index contributed by atoms with van der Waals surface area (Å²) < 4.78 is 1.42. The van der Waals surface area contributed by atoms with E-state index < -0.39 is 0 Å². The molecule has 1 unspecified atom stereocenters. The second-order valence-corrected chi connectivity index (χ2v) is 5.66. The number of aryl methyl sites for hydroxylation is 1. The Morgan fingerprint density at radius 2 is 2.00 bits per heavy atom. The lowest BCUT2D eigenvalue weighted by Crippen LogP contribution is -2.22. The highest BCUT2D eigenvalue weighted by molar-refractivity contribution is 14.1. The average molecular weight is 345 g/mol. The van der Waals surface area contributed by atoms with Gasteiger partial charge in [-0.25, -0.2) is 0 Å². The molecule has 17 heavy (non-hydrogen) atoms. The van der Waals surface area contributed by atoms with Crippen molar-refractivity contribution in [2.24, 2.45) is 0 Å². The molecule has 0 fully saturated rings. The normalized spacial score (nSPS) is 12.7. The summed E-state index contributed by atoms with van der Waals surface area (Å²) in [4.78, 5) is 0. The van der Waals surface area contributed by atoms with E-state index in [0.717, 1.165) is 6.54 Å². The molecule has 2 heteroatoms. The second-order valence-electron chi connectivity index (χ2n) is 4.58. The van der Waals surface area contributed by atoms with Gasteiger partial charge in [-0.05, 0) is 53.6 Å². The maximum Gasteiger partial charge on any atom is 0.0330 e. The van der Waals surface area contributed by atoms with Crippen LogP contribution in [0.25, 0.3) is 0 Å². The summed E-state index contributed by atoms with van der Waals surface area (Å²) in [7, 11) is 0. The number of halogens is 1. The number of hydrogen-bond acceptors (Lipinski definition) is 1. The van der Waals surface area contributed by atoms with E-state index in [4.69, 9.17) is 0 Å². The number of nitrogens with one attached hydrogen (secondary N) is 1. The molecule has 1 rings (SSSR count). The Hall–Kier alpha value is -0.0900. The standard InChI is InChI=1S/C15H24IN/c1-4-6-7-11-14(17-5-2)13-10-8-9-12(3)15(13)16/h8-10,14,17H,4-7,11H2,1-3H3. The van der Waals surface area contributed by atoms with Crippen molar-refractivity contribution in [3.8, 4) is 0 Å². The summed E-state index contributed by atoms with van der Waals surface area (Å²) in [5.41, 5.74) is 2.87. The molecule has 0 aromatic heterocycles. The van der Waals surface area contributed by atoms with Gasteiger partial charge < -0.3 is 5.32 Å². The van der Waals surface area contributed by atoms with Gasteiger partial charge in [0.05, 0.1) is 0 Å². The molecule has 1 nitrogen and oxygen atoms in total. The number of rotatable bonds is 7. The molecule has 0 aliphatic carbocycles. The molecule has 0 radical (unpaired) electrons. The van der Waals surface area contributed by atoms with Crippen molar-refractivity contribution in [1.29, 1.82) is 0 Å². The van der Waals surface area contributed by atoms with E-state index in [1.54, 1.807) is 0 Å². The van der Waals surface area contributed by atoms with Gasteiger partial charge in [-0.15, -0.1) is 0 Å². The number of unbranched alkanes of at least 4 members (excludes halogenated alkanes) is 2. The second kappa shape index (κ2) is 8.09. The first-order chi connectivity index (χ1) is 8.20. The van der Waals surface area contributed by atoms with Crippen molar-refractivity contribution in [1.82, 2.24) is 5.32 Å². The van der Waals surface area contributed by atoms with Gasteiger partial charge in [0.25, 0.3) is 0 Å². The van der Waals surface area contributed by atoms with Crippen molar-refractivity contribution in [3.05, 3.63) is 32.9 Å². The zero-order chi connectivity index (χ0) is 12.7. The summed E-state index contributed by atoms with van der Waals surface area (Å²) in [5, 5.41) is 3.62. The van der Waals surface area contributed by atoms with Crippen LogP contribution in [0.1, 0.15) is 56.7 Å². The molecule has 1 atom stereocenters. The van der Waals surface area contributed by atoms with Crippen LogP contribution in [0.3, 0.4) is 0 Å². The molecule has 96 valence electrons. The van der Waals surface area contributed by atoms with E-state index in [-0.39, 0.29) is 0 Å². The molecule has 0 amide bonds. The zero-order valence-corrected chi connectivity index (χ0v) is 13.4. The Labute approximate surface area is 120 Å². The van der Waals surface area contributed by atoms with Crippen LogP contribution in [0.15, 0.2) is 18.2 Å². The summed E-state index contributed by atoms with van der Waals surface area (Å²) >= 11 is 2.48. The molecular weight excluding hydrogens is 321 g/mol. The average Bonchev–Trinajstić information content (AvgIpc) is 2.32. The summed E-state index contributed by atoms with van der Waals surface area (Å²) in [6.07, 6.45) is 5.20. The van der Waals surface area contributed by atoms with Crippen LogP contribution in [0.2, 0.25) is 0 Å². The number of benzene rings is 1. The fraction of sp³-hybridized carbons (Fsp3) is 0.600. The van der Waals surface area contributed by atoms with E-state index >= 15 is 0 Å². The van der Waals surface area contributed by atoms with E-state index in [0.29, 0.717) is 6.04 Å². The third-order valence-electron chi connectivity index (χ3n) is 3.14. The Morgan fingerprint density at radius 3 is 2.65 bits per heavy atom. The highest BCUT2D eigenvalue weighted by Crippen LogP contribution is 2.26. The van der Waals surface area contributed by atoms with Gasteiger partial charge in [0.15, 0.2) is 0 Å². The minimum atomic E-state index is 0.526. The SMILES string of the molecule is CCCCCC(NCC)c1cccc(C)c1I. The quantitative estimate of drug-likeness (QED) is 0.551. The third-order valence-corrected chi connectivity index (χ3v) is 4.62. The Kier molecular flexibility index (Phi) is 7.12. The Morgan fingerprint density at radius 1 is 1.24 bits per heavy atom. The van der Waals surface area contributed by atoms with Crippen LogP contribution in [0.5, 0.6) is 0 Å². The highest BCUT2D eigenvalue weighted by atomic mass is 127. The maximum atomic E-state index is 3.62. The first kappa shape index (κ1) is 15.0. The fourth-order valence-corrected chi connectivity index (χ4v) is 2.89. The van der Waals surface area contributed by atoms with Crippen molar-refractivity contribution in [3.63, 3.8) is 0 Å². The fourth-order valence-electron chi connectivity index (χ4n) is 2.15. The van der Waals surface area contributed by atoms with Crippen LogP contribution >= 0.6 is 22.6 Å². The summed E-state index contributed by atoms with van der Waals surface area (Å²) in [5.74, 6) is 0. The molecule has 0 saturated carbocycles. The van der Waals surface area contributed by atoms with Crippen LogP contribution in [0.4, 0.5) is 0 Å². The lowest BCUT2D eigenvalue weighted by atomic mass is 9.99. The van der Waals surface area contributed by atoms with E-state index in [1.165, 1.54) is 40.4 Å². The predicted octanol–water partition coefficient (Wildman–Crippen LogP) is 4.83. The van der Waals surface area contributed by atoms with Gasteiger partial charge in [-0.2, -0.15) is 0 Å². The van der Waals surface area contributed by atoms with Crippen LogP contribution < -0.4 is 5.32 Å². The molecule has 0 aliphatic heterocycles. The van der Waals surface area contributed by atoms with Crippen molar-refractivity contribution in [2.75, 3.05) is 6.54 Å². The molecule has 0 saturated heterocycles. The topological polar surface area (TPSA) is 12.0 Å². The van der Waals surface area contributed by atoms with Gasteiger partial charge in [-0.1, -0.05) is 51.3 Å². The van der Waals surface area contributed by atoms with E-state index in [1.807, 2.05) is 0 Å². The number of hydrogen-bond donors (Lipinski definition) is 1. The first-order valence-electron chi connectivity index (χ1n) is 6.69. The predicted molar refractivity (Wildman–Crippen MR) is 84.5 cm³/mol. The summed E-state index contributed by atoms with van der Waals surface area (Å²) in [6.45, 7) is 7.69. The van der Waals surface area contributed by atoms with Gasteiger partial charge in [0.1, 0.15) is 0 Å². The monoisotopic (exact) mass is 345 g/mol. The molecule has 1 aromatic rings. The molecular formula is C15H24IN. The minimum absolute atomic E-state index is 0.526. The van der Waals surface area contributed by atoms with Crippen molar-refractivity contribution < 1.29 is 0 Å². The zero-order valence-electron chi connectivity index (χ0n) is 11.2. The van der Waals surface area contributed by atoms with Crippen LogP contribution in [0, 0.1) is 10.5 Å². The smallest absolute Gasteiger partial charge is 0.0330 e. The van der Waals surface area contributed by atoms with E-state index in [2.05, 4.69) is 66.9 Å². The summed E-state index contributed by atoms with van der Waals surface area (Å²) in [6, 6.07) is 7.17. The molecule has 0 spiro atoms. The lowest BCUT2D eigenvalue weighted by molar-refractivity contribution is 0.485. The van der Waals surface area contributed by atoms with Crippen LogP contribution in [-0.2, 0) is 0 Å². The Balaban J connectivity index is 2.77. The highest BCUT2D eigenvalue weighted by Gasteiger charge is 2.13. The van der Waals surface area contributed by atoms with Crippen LogP contribution in [-0.4, -0.2) is 6.54 Å². The van der Waals surface area contributed by atoms with Crippen molar-refractivity contribution >= 4 is 22.6 Å². The molecule has 0 aliphatic rings. The molecule has 1 aromatic carbocycles. The maximum absolute atomic E-state index is 3.62. The first-order valence-corrected chi connectivity index (χ1v) is 7.77. The van der Waals surface area contributed by atoms with E-state index in [9.17, 15) is 0 Å².